The van der Waals surface area contributed by atoms with Gasteiger partial charge in [-0.1, -0.05) is 0 Å². The van der Waals surface area contributed by atoms with E-state index < -0.39 is 0 Å². The van der Waals surface area contributed by atoms with Crippen LogP contribution in [0.5, 0.6) is 0 Å². The van der Waals surface area contributed by atoms with Crippen LogP contribution < -0.4 is 10.6 Å². The molecule has 14 heavy (non-hydrogen) atoms. The number of piperidine rings is 2. The maximum atomic E-state index is 3.61. The van der Waals surface area contributed by atoms with Crippen molar-refractivity contribution in [1.29, 1.82) is 0 Å². The first-order chi connectivity index (χ1) is 6.67. The fraction of sp³-hybridized carbons (Fsp3) is 1.00. The Morgan fingerprint density at radius 1 is 0.929 bits per heavy atom. The molecule has 0 aliphatic carbocycles. The first-order valence-electron chi connectivity index (χ1n) is 6.13. The van der Waals surface area contributed by atoms with Gasteiger partial charge in [-0.2, -0.15) is 0 Å². The van der Waals surface area contributed by atoms with Crippen molar-refractivity contribution in [2.75, 3.05) is 19.6 Å². The summed E-state index contributed by atoms with van der Waals surface area (Å²) in [4.78, 5) is 0. The minimum atomic E-state index is 0.383. The Balaban J connectivity index is 1.89. The molecular formula is C12H24N2. The van der Waals surface area contributed by atoms with Crippen LogP contribution >= 0.6 is 0 Å². The summed E-state index contributed by atoms with van der Waals surface area (Å²) in [6, 6.07) is 0. The average Bonchev–Trinajstić information content (AvgIpc) is 2.18. The highest BCUT2D eigenvalue weighted by molar-refractivity contribution is 4.89. The molecule has 2 heteroatoms. The molecule has 2 heterocycles. The molecule has 82 valence electrons. The highest BCUT2D eigenvalue weighted by Gasteiger charge is 2.32. The molecule has 0 bridgehead atoms. The zero-order valence-electron chi connectivity index (χ0n) is 9.60. The lowest BCUT2D eigenvalue weighted by Gasteiger charge is -2.41. The van der Waals surface area contributed by atoms with Gasteiger partial charge in [-0.25, -0.2) is 0 Å². The van der Waals surface area contributed by atoms with E-state index in [1.165, 1.54) is 45.3 Å². The molecule has 0 aromatic carbocycles. The first kappa shape index (κ1) is 10.4. The SMILES string of the molecule is CC1(C)CC(C2CCNCC2)CCN1. The van der Waals surface area contributed by atoms with Gasteiger partial charge in [-0.3, -0.25) is 0 Å². The van der Waals surface area contributed by atoms with Gasteiger partial charge in [0.25, 0.3) is 0 Å². The predicted molar refractivity (Wildman–Crippen MR) is 60.4 cm³/mol. The van der Waals surface area contributed by atoms with E-state index in [9.17, 15) is 0 Å². The van der Waals surface area contributed by atoms with Crippen LogP contribution in [-0.4, -0.2) is 25.2 Å². The molecule has 2 rings (SSSR count). The van der Waals surface area contributed by atoms with E-state index in [0.717, 1.165) is 11.8 Å². The third-order valence-electron chi connectivity index (χ3n) is 3.94. The average molecular weight is 196 g/mol. The Labute approximate surface area is 87.8 Å². The lowest BCUT2D eigenvalue weighted by molar-refractivity contribution is 0.149. The van der Waals surface area contributed by atoms with Crippen molar-refractivity contribution in [2.24, 2.45) is 11.8 Å². The van der Waals surface area contributed by atoms with Gasteiger partial charge in [0.15, 0.2) is 0 Å². The van der Waals surface area contributed by atoms with Gasteiger partial charge in [0.1, 0.15) is 0 Å². The van der Waals surface area contributed by atoms with Crippen molar-refractivity contribution in [3.8, 4) is 0 Å². The van der Waals surface area contributed by atoms with Crippen molar-refractivity contribution in [2.45, 2.75) is 45.1 Å². The third-order valence-corrected chi connectivity index (χ3v) is 3.94. The summed E-state index contributed by atoms with van der Waals surface area (Å²) in [5, 5.41) is 7.07. The van der Waals surface area contributed by atoms with E-state index in [2.05, 4.69) is 24.5 Å². The molecule has 0 amide bonds. The lowest BCUT2D eigenvalue weighted by Crippen LogP contribution is -2.48. The van der Waals surface area contributed by atoms with Crippen LogP contribution in [0.25, 0.3) is 0 Å². The summed E-state index contributed by atoms with van der Waals surface area (Å²) in [5.74, 6) is 1.98. The molecular weight excluding hydrogens is 172 g/mol. The molecule has 1 atom stereocenters. The fourth-order valence-corrected chi connectivity index (χ4v) is 3.14. The van der Waals surface area contributed by atoms with E-state index in [4.69, 9.17) is 0 Å². The van der Waals surface area contributed by atoms with E-state index in [0.29, 0.717) is 5.54 Å². The van der Waals surface area contributed by atoms with Gasteiger partial charge in [0.05, 0.1) is 0 Å². The van der Waals surface area contributed by atoms with Crippen LogP contribution in [-0.2, 0) is 0 Å². The normalized spacial score (nSPS) is 34.3. The Kier molecular flexibility index (Phi) is 3.13. The zero-order valence-corrected chi connectivity index (χ0v) is 9.60. The molecule has 1 unspecified atom stereocenters. The summed E-state index contributed by atoms with van der Waals surface area (Å²) >= 11 is 0. The van der Waals surface area contributed by atoms with Crippen LogP contribution in [0, 0.1) is 11.8 Å². The Hall–Kier alpha value is -0.0800. The number of nitrogens with one attached hydrogen (secondary N) is 2. The molecule has 0 spiro atoms. The second-order valence-electron chi connectivity index (χ2n) is 5.65. The van der Waals surface area contributed by atoms with Crippen LogP contribution in [0.15, 0.2) is 0 Å². The molecule has 2 fully saturated rings. The maximum Gasteiger partial charge on any atom is 0.0127 e. The van der Waals surface area contributed by atoms with Crippen LogP contribution in [0.1, 0.15) is 39.5 Å². The third kappa shape index (κ3) is 2.48. The number of rotatable bonds is 1. The standard InChI is InChI=1S/C12H24N2/c1-12(2)9-11(5-8-14-12)10-3-6-13-7-4-10/h10-11,13-14H,3-9H2,1-2H3. The summed E-state index contributed by atoms with van der Waals surface area (Å²) in [6.07, 6.45) is 5.58. The van der Waals surface area contributed by atoms with Crippen molar-refractivity contribution in [1.82, 2.24) is 10.6 Å². The summed E-state index contributed by atoms with van der Waals surface area (Å²) in [5.41, 5.74) is 0.383. The first-order valence-corrected chi connectivity index (χ1v) is 6.13. The minimum absolute atomic E-state index is 0.383. The van der Waals surface area contributed by atoms with E-state index >= 15 is 0 Å². The number of hydrogen-bond acceptors (Lipinski definition) is 2. The van der Waals surface area contributed by atoms with Gasteiger partial charge in [0, 0.05) is 5.54 Å². The monoisotopic (exact) mass is 196 g/mol. The molecule has 0 saturated carbocycles. The predicted octanol–water partition coefficient (Wildman–Crippen LogP) is 1.76. The second-order valence-corrected chi connectivity index (χ2v) is 5.65. The summed E-state index contributed by atoms with van der Waals surface area (Å²) in [7, 11) is 0. The minimum Gasteiger partial charge on any atom is -0.317 e. The van der Waals surface area contributed by atoms with Gasteiger partial charge >= 0.3 is 0 Å². The van der Waals surface area contributed by atoms with Crippen LogP contribution in [0.3, 0.4) is 0 Å². The van der Waals surface area contributed by atoms with Crippen molar-refractivity contribution in [3.63, 3.8) is 0 Å². The Morgan fingerprint density at radius 2 is 1.57 bits per heavy atom. The van der Waals surface area contributed by atoms with Crippen molar-refractivity contribution >= 4 is 0 Å². The second kappa shape index (κ2) is 4.19. The summed E-state index contributed by atoms with van der Waals surface area (Å²) in [6.45, 7) is 8.41. The highest BCUT2D eigenvalue weighted by Crippen LogP contribution is 2.33. The van der Waals surface area contributed by atoms with Crippen LogP contribution in [0.2, 0.25) is 0 Å². The van der Waals surface area contributed by atoms with Gasteiger partial charge in [0.2, 0.25) is 0 Å². The molecule has 2 aliphatic rings. The molecule has 2 N–H and O–H groups in total. The largest absolute Gasteiger partial charge is 0.317 e. The molecule has 0 aromatic rings. The van der Waals surface area contributed by atoms with Crippen molar-refractivity contribution in [3.05, 3.63) is 0 Å². The van der Waals surface area contributed by atoms with Gasteiger partial charge < -0.3 is 10.6 Å². The Bertz CT molecular complexity index is 183. The molecule has 2 aliphatic heterocycles. The van der Waals surface area contributed by atoms with Gasteiger partial charge in [-0.05, 0) is 71.0 Å². The zero-order chi connectivity index (χ0) is 10.0. The maximum absolute atomic E-state index is 3.61. The topological polar surface area (TPSA) is 24.1 Å². The molecule has 0 radical (unpaired) electrons. The molecule has 2 saturated heterocycles. The van der Waals surface area contributed by atoms with E-state index in [1.807, 2.05) is 0 Å². The van der Waals surface area contributed by atoms with Gasteiger partial charge in [-0.15, -0.1) is 0 Å². The summed E-state index contributed by atoms with van der Waals surface area (Å²) < 4.78 is 0. The Morgan fingerprint density at radius 3 is 2.21 bits per heavy atom. The molecule has 0 aromatic heterocycles. The van der Waals surface area contributed by atoms with Crippen LogP contribution in [0.4, 0.5) is 0 Å². The quantitative estimate of drug-likeness (QED) is 0.668. The van der Waals surface area contributed by atoms with E-state index in [-0.39, 0.29) is 0 Å². The van der Waals surface area contributed by atoms with E-state index in [1.54, 1.807) is 0 Å². The smallest absolute Gasteiger partial charge is 0.0127 e. The van der Waals surface area contributed by atoms with Crippen molar-refractivity contribution < 1.29 is 0 Å². The highest BCUT2D eigenvalue weighted by atomic mass is 15.0. The lowest BCUT2D eigenvalue weighted by atomic mass is 9.74. The molecule has 2 nitrogen and oxygen atoms in total. The fourth-order valence-electron chi connectivity index (χ4n) is 3.14. The number of hydrogen-bond donors (Lipinski definition) is 2.